The average molecular weight is 517 g/mol. The van der Waals surface area contributed by atoms with Crippen molar-refractivity contribution in [2.75, 3.05) is 11.9 Å². The van der Waals surface area contributed by atoms with Gasteiger partial charge in [-0.05, 0) is 67.6 Å². The number of ketones is 1. The maximum absolute atomic E-state index is 13.3. The van der Waals surface area contributed by atoms with Crippen molar-refractivity contribution in [3.8, 4) is 11.5 Å². The second-order valence-corrected chi connectivity index (χ2v) is 9.37. The smallest absolute Gasteiger partial charge is 0.266 e. The van der Waals surface area contributed by atoms with Gasteiger partial charge in [-0.3, -0.25) is 28.9 Å². The lowest BCUT2D eigenvalue weighted by atomic mass is 9.96. The highest BCUT2D eigenvalue weighted by atomic mass is 16.5. The van der Waals surface area contributed by atoms with Gasteiger partial charge >= 0.3 is 0 Å². The summed E-state index contributed by atoms with van der Waals surface area (Å²) < 4.78 is 5.83. The Kier molecular flexibility index (Phi) is 5.46. The fourth-order valence-electron chi connectivity index (χ4n) is 4.69. The predicted octanol–water partition coefficient (Wildman–Crippen LogP) is 5.04. The Morgan fingerprint density at radius 2 is 1.05 bits per heavy atom. The van der Waals surface area contributed by atoms with Crippen LogP contribution in [0.3, 0.4) is 0 Å². The summed E-state index contributed by atoms with van der Waals surface area (Å²) in [7, 11) is 1.38. The van der Waals surface area contributed by atoms with Crippen LogP contribution < -0.4 is 9.64 Å². The molecule has 0 spiro atoms. The normalized spacial score (nSPS) is 14.1. The molecule has 0 bridgehead atoms. The number of aryl methyl sites for hydroxylation is 1. The summed E-state index contributed by atoms with van der Waals surface area (Å²) >= 11 is 0. The van der Waals surface area contributed by atoms with Crippen LogP contribution in [0.2, 0.25) is 0 Å². The van der Waals surface area contributed by atoms with E-state index in [1.165, 1.54) is 43.4 Å². The molecule has 0 aliphatic carbocycles. The van der Waals surface area contributed by atoms with Crippen molar-refractivity contribution < 1.29 is 28.7 Å². The SMILES string of the molecule is Cc1ccc(Oc2ccc(N3C(=O)c4ccc(C(=O)c5ccc6c(c5)C(=O)N(C)C6=O)cc4C3=O)cc2)cc1. The first-order valence-corrected chi connectivity index (χ1v) is 12.1. The molecule has 0 saturated heterocycles. The topological polar surface area (TPSA) is 101 Å². The zero-order valence-corrected chi connectivity index (χ0v) is 20.9. The largest absolute Gasteiger partial charge is 0.457 e. The molecular formula is C31H20N2O6. The first-order chi connectivity index (χ1) is 18.7. The van der Waals surface area contributed by atoms with E-state index in [0.717, 1.165) is 15.4 Å². The van der Waals surface area contributed by atoms with E-state index in [4.69, 9.17) is 4.74 Å². The number of carbonyl (C=O) groups excluding carboxylic acids is 5. The van der Waals surface area contributed by atoms with Crippen LogP contribution in [0.1, 0.15) is 62.9 Å². The Morgan fingerprint density at radius 1 is 0.590 bits per heavy atom. The summed E-state index contributed by atoms with van der Waals surface area (Å²) in [5, 5.41) is 0. The summed E-state index contributed by atoms with van der Waals surface area (Å²) in [5.74, 6) is -1.17. The highest BCUT2D eigenvalue weighted by Gasteiger charge is 2.38. The molecule has 2 aliphatic heterocycles. The van der Waals surface area contributed by atoms with Crippen LogP contribution in [0.5, 0.6) is 11.5 Å². The van der Waals surface area contributed by atoms with Crippen LogP contribution in [-0.4, -0.2) is 41.4 Å². The molecule has 2 aliphatic rings. The minimum Gasteiger partial charge on any atom is -0.457 e. The standard InChI is InChI=1S/C31H20N2O6/c1-17-3-9-21(10-4-17)39-22-11-7-20(8-12-22)33-30(37)24-14-6-19(16-26(24)31(33)38)27(34)18-5-13-23-25(15-18)29(36)32(2)28(23)35/h3-16H,1-2H3. The van der Waals surface area contributed by atoms with E-state index < -0.39 is 29.4 Å². The third-order valence-electron chi connectivity index (χ3n) is 6.85. The first kappa shape index (κ1) is 24.0. The van der Waals surface area contributed by atoms with Gasteiger partial charge in [0.05, 0.1) is 27.9 Å². The Bertz CT molecular complexity index is 1740. The number of hydrogen-bond donors (Lipinski definition) is 0. The van der Waals surface area contributed by atoms with Gasteiger partial charge < -0.3 is 4.74 Å². The zero-order valence-electron chi connectivity index (χ0n) is 20.9. The van der Waals surface area contributed by atoms with E-state index in [1.807, 2.05) is 31.2 Å². The summed E-state index contributed by atoms with van der Waals surface area (Å²) in [5.41, 5.74) is 2.55. The molecule has 0 N–H and O–H groups in total. The van der Waals surface area contributed by atoms with E-state index in [2.05, 4.69) is 0 Å². The molecular weight excluding hydrogens is 496 g/mol. The molecule has 0 radical (unpaired) electrons. The number of anilines is 1. The van der Waals surface area contributed by atoms with Crippen molar-refractivity contribution in [2.24, 2.45) is 0 Å². The van der Waals surface area contributed by atoms with Crippen LogP contribution in [0.25, 0.3) is 0 Å². The fourth-order valence-corrected chi connectivity index (χ4v) is 4.69. The number of benzene rings is 4. The van der Waals surface area contributed by atoms with Crippen molar-refractivity contribution in [3.05, 3.63) is 124 Å². The predicted molar refractivity (Wildman–Crippen MR) is 142 cm³/mol. The number of amides is 4. The minimum absolute atomic E-state index is 0.109. The van der Waals surface area contributed by atoms with Crippen molar-refractivity contribution in [1.82, 2.24) is 4.90 Å². The van der Waals surface area contributed by atoms with Gasteiger partial charge in [0.15, 0.2) is 5.78 Å². The van der Waals surface area contributed by atoms with Gasteiger partial charge in [-0.1, -0.05) is 29.8 Å². The van der Waals surface area contributed by atoms with E-state index in [9.17, 15) is 24.0 Å². The molecule has 8 nitrogen and oxygen atoms in total. The van der Waals surface area contributed by atoms with Crippen LogP contribution in [-0.2, 0) is 0 Å². The second-order valence-electron chi connectivity index (χ2n) is 9.37. The molecule has 190 valence electrons. The number of ether oxygens (including phenoxy) is 1. The van der Waals surface area contributed by atoms with E-state index >= 15 is 0 Å². The number of carbonyl (C=O) groups is 5. The Balaban J connectivity index is 1.25. The van der Waals surface area contributed by atoms with Crippen LogP contribution in [0.15, 0.2) is 84.9 Å². The van der Waals surface area contributed by atoms with E-state index in [1.54, 1.807) is 24.3 Å². The average Bonchev–Trinajstić information content (AvgIpc) is 3.33. The van der Waals surface area contributed by atoms with Gasteiger partial charge in [-0.2, -0.15) is 0 Å². The number of imide groups is 2. The summed E-state index contributed by atoms with van der Waals surface area (Å²) in [6.07, 6.45) is 0. The van der Waals surface area contributed by atoms with Crippen LogP contribution >= 0.6 is 0 Å². The Morgan fingerprint density at radius 3 is 1.64 bits per heavy atom. The second kappa shape index (κ2) is 8.88. The molecule has 0 atom stereocenters. The molecule has 0 unspecified atom stereocenters. The lowest BCUT2D eigenvalue weighted by Gasteiger charge is -2.14. The molecule has 0 saturated carbocycles. The summed E-state index contributed by atoms with van der Waals surface area (Å²) in [6, 6.07) is 22.8. The molecule has 8 heteroatoms. The molecule has 4 aromatic rings. The number of rotatable bonds is 5. The summed E-state index contributed by atoms with van der Waals surface area (Å²) in [6.45, 7) is 1.98. The molecule has 4 aromatic carbocycles. The molecule has 4 amide bonds. The third kappa shape index (κ3) is 3.90. The van der Waals surface area contributed by atoms with Crippen molar-refractivity contribution in [2.45, 2.75) is 6.92 Å². The van der Waals surface area contributed by atoms with Crippen molar-refractivity contribution in [1.29, 1.82) is 0 Å². The first-order valence-electron chi connectivity index (χ1n) is 12.1. The van der Waals surface area contributed by atoms with Crippen molar-refractivity contribution >= 4 is 35.1 Å². The quantitative estimate of drug-likeness (QED) is 0.272. The maximum Gasteiger partial charge on any atom is 0.266 e. The molecule has 0 fully saturated rings. The number of nitrogens with zero attached hydrogens (tertiary/aromatic N) is 2. The Hall–Kier alpha value is -5.37. The molecule has 0 aromatic heterocycles. The highest BCUT2D eigenvalue weighted by molar-refractivity contribution is 6.35. The lowest BCUT2D eigenvalue weighted by Crippen LogP contribution is -2.29. The van der Waals surface area contributed by atoms with Gasteiger partial charge in [0.1, 0.15) is 11.5 Å². The van der Waals surface area contributed by atoms with E-state index in [-0.39, 0.29) is 33.4 Å². The fraction of sp³-hybridized carbons (Fsp3) is 0.0645. The zero-order chi connectivity index (χ0) is 27.4. The number of fused-ring (bicyclic) bond motifs is 2. The van der Waals surface area contributed by atoms with Gasteiger partial charge in [0, 0.05) is 18.2 Å². The summed E-state index contributed by atoms with van der Waals surface area (Å²) in [4.78, 5) is 66.2. The van der Waals surface area contributed by atoms with Gasteiger partial charge in [0.2, 0.25) is 0 Å². The third-order valence-corrected chi connectivity index (χ3v) is 6.85. The highest BCUT2D eigenvalue weighted by Crippen LogP contribution is 2.32. The Labute approximate surface area is 223 Å². The molecule has 39 heavy (non-hydrogen) atoms. The van der Waals surface area contributed by atoms with Gasteiger partial charge in [0.25, 0.3) is 23.6 Å². The monoisotopic (exact) mass is 516 g/mol. The molecule has 2 heterocycles. The maximum atomic E-state index is 13.3. The van der Waals surface area contributed by atoms with E-state index in [0.29, 0.717) is 17.2 Å². The van der Waals surface area contributed by atoms with Crippen molar-refractivity contribution in [3.63, 3.8) is 0 Å². The van der Waals surface area contributed by atoms with Crippen LogP contribution in [0.4, 0.5) is 5.69 Å². The van der Waals surface area contributed by atoms with Gasteiger partial charge in [-0.15, -0.1) is 0 Å². The lowest BCUT2D eigenvalue weighted by molar-refractivity contribution is 0.0692. The van der Waals surface area contributed by atoms with Gasteiger partial charge in [-0.25, -0.2) is 4.90 Å². The number of hydrogen-bond acceptors (Lipinski definition) is 6. The minimum atomic E-state index is -0.548. The van der Waals surface area contributed by atoms with Crippen LogP contribution in [0, 0.1) is 6.92 Å². The molecule has 6 rings (SSSR count).